The predicted octanol–water partition coefficient (Wildman–Crippen LogP) is 6.59. The summed E-state index contributed by atoms with van der Waals surface area (Å²) in [6, 6.07) is 6.86. The molecule has 2 aromatic rings. The van der Waals surface area contributed by atoms with Crippen molar-refractivity contribution in [1.82, 2.24) is 4.98 Å². The maximum absolute atomic E-state index is 5.71. The molecule has 0 radical (unpaired) electrons. The van der Waals surface area contributed by atoms with Crippen molar-refractivity contribution >= 4 is 0 Å². The van der Waals surface area contributed by atoms with E-state index in [1.165, 1.54) is 35.1 Å². The normalized spacial score (nSPS) is 18.9. The quantitative estimate of drug-likeness (QED) is 0.588. The molecule has 0 aliphatic heterocycles. The first-order valence-electron chi connectivity index (χ1n) is 9.44. The third-order valence-corrected chi connectivity index (χ3v) is 5.93. The number of hydrogen-bond acceptors (Lipinski definition) is 2. The van der Waals surface area contributed by atoms with Crippen LogP contribution < -0.4 is 0 Å². The summed E-state index contributed by atoms with van der Waals surface area (Å²) in [5.74, 6) is 0.827. The second-order valence-electron chi connectivity index (χ2n) is 8.79. The van der Waals surface area contributed by atoms with Crippen LogP contribution in [0.25, 0.3) is 11.3 Å². The first kappa shape index (κ1) is 18.0. The van der Waals surface area contributed by atoms with Gasteiger partial charge < -0.3 is 4.42 Å². The molecular weight excluding hydrogens is 306 g/mol. The van der Waals surface area contributed by atoms with Gasteiger partial charge in [-0.1, -0.05) is 51.5 Å². The zero-order valence-electron chi connectivity index (χ0n) is 16.6. The first-order valence-corrected chi connectivity index (χ1v) is 9.44. The zero-order chi connectivity index (χ0) is 18.2. The number of rotatable bonds is 4. The second kappa shape index (κ2) is 6.48. The van der Waals surface area contributed by atoms with Gasteiger partial charge in [-0.3, -0.25) is 0 Å². The van der Waals surface area contributed by atoms with Gasteiger partial charge in [-0.25, -0.2) is 4.98 Å². The van der Waals surface area contributed by atoms with E-state index in [-0.39, 0.29) is 10.8 Å². The molecule has 0 fully saturated rings. The van der Waals surface area contributed by atoms with Gasteiger partial charge in [-0.05, 0) is 61.1 Å². The molecule has 134 valence electrons. The minimum absolute atomic E-state index is 0.219. The molecule has 25 heavy (non-hydrogen) atoms. The summed E-state index contributed by atoms with van der Waals surface area (Å²) < 4.78 is 5.71. The van der Waals surface area contributed by atoms with Crippen LogP contribution in [0.3, 0.4) is 0 Å². The predicted molar refractivity (Wildman–Crippen MR) is 105 cm³/mol. The number of fused-ring (bicyclic) bond motifs is 1. The molecule has 2 heteroatoms. The van der Waals surface area contributed by atoms with E-state index in [1.807, 2.05) is 6.26 Å². The molecule has 0 atom stereocenters. The Labute approximate surface area is 152 Å². The van der Waals surface area contributed by atoms with Gasteiger partial charge in [-0.15, -0.1) is 0 Å². The largest absolute Gasteiger partial charge is 0.448 e. The van der Waals surface area contributed by atoms with Crippen LogP contribution in [0.5, 0.6) is 0 Å². The van der Waals surface area contributed by atoms with Crippen LogP contribution in [0.4, 0.5) is 0 Å². The number of aryl methyl sites for hydroxylation is 1. The molecule has 2 nitrogen and oxygen atoms in total. The van der Waals surface area contributed by atoms with Gasteiger partial charge >= 0.3 is 0 Å². The summed E-state index contributed by atoms with van der Waals surface area (Å²) in [4.78, 5) is 4.73. The molecule has 0 unspecified atom stereocenters. The fraction of sp³-hybridized carbons (Fsp3) is 0.522. The van der Waals surface area contributed by atoms with E-state index in [0.717, 1.165) is 24.4 Å². The van der Waals surface area contributed by atoms with E-state index >= 15 is 0 Å². The number of nitrogens with zero attached hydrogens (tertiary/aromatic N) is 1. The van der Waals surface area contributed by atoms with Crippen molar-refractivity contribution in [2.24, 2.45) is 0 Å². The molecule has 0 bridgehead atoms. The van der Waals surface area contributed by atoms with Crippen LogP contribution in [0, 0.1) is 0 Å². The fourth-order valence-corrected chi connectivity index (χ4v) is 3.75. The summed E-state index contributed by atoms with van der Waals surface area (Å²) in [6.07, 6.45) is 8.29. The average molecular weight is 338 g/mol. The summed E-state index contributed by atoms with van der Waals surface area (Å²) in [5, 5.41) is 0. The smallest absolute Gasteiger partial charge is 0.194 e. The molecule has 1 aliphatic rings. The summed E-state index contributed by atoms with van der Waals surface area (Å²) in [5.41, 5.74) is 6.92. The Morgan fingerprint density at radius 2 is 1.80 bits per heavy atom. The van der Waals surface area contributed by atoms with E-state index in [2.05, 4.69) is 65.8 Å². The van der Waals surface area contributed by atoms with Crippen molar-refractivity contribution in [3.8, 4) is 11.3 Å². The minimum atomic E-state index is 0.219. The fourth-order valence-electron chi connectivity index (χ4n) is 3.75. The van der Waals surface area contributed by atoms with Gasteiger partial charge in [0.15, 0.2) is 5.89 Å². The van der Waals surface area contributed by atoms with Crippen molar-refractivity contribution in [3.63, 3.8) is 0 Å². The van der Waals surface area contributed by atoms with Crippen LogP contribution in [0.15, 0.2) is 40.5 Å². The Morgan fingerprint density at radius 3 is 2.48 bits per heavy atom. The molecule has 0 saturated heterocycles. The van der Waals surface area contributed by atoms with E-state index < -0.39 is 0 Å². The Hall–Kier alpha value is -1.83. The highest BCUT2D eigenvalue weighted by atomic mass is 16.3. The molecule has 0 N–H and O–H groups in total. The summed E-state index contributed by atoms with van der Waals surface area (Å²) >= 11 is 0. The first-order chi connectivity index (χ1) is 11.7. The standard InChI is InChI=1S/C23H31NO/c1-7-16(2)8-11-21-24-20(15-25-21)17-9-10-18-19(14-17)23(5,6)13-12-22(18,3)4/h7,9-10,14-15H,8,11-13H2,1-6H3/b16-7+. The maximum atomic E-state index is 5.71. The average Bonchev–Trinajstić information content (AvgIpc) is 3.05. The van der Waals surface area contributed by atoms with Crippen LogP contribution in [0.2, 0.25) is 0 Å². The van der Waals surface area contributed by atoms with Crippen molar-refractivity contribution in [1.29, 1.82) is 0 Å². The lowest BCUT2D eigenvalue weighted by atomic mass is 9.63. The summed E-state index contributed by atoms with van der Waals surface area (Å²) in [6.45, 7) is 13.7. The van der Waals surface area contributed by atoms with Gasteiger partial charge in [0.25, 0.3) is 0 Å². The lowest BCUT2D eigenvalue weighted by Crippen LogP contribution is -2.33. The van der Waals surface area contributed by atoms with E-state index in [9.17, 15) is 0 Å². The Morgan fingerprint density at radius 1 is 1.12 bits per heavy atom. The maximum Gasteiger partial charge on any atom is 0.194 e. The molecule has 3 rings (SSSR count). The third-order valence-electron chi connectivity index (χ3n) is 5.93. The number of benzene rings is 1. The second-order valence-corrected chi connectivity index (χ2v) is 8.79. The van der Waals surface area contributed by atoms with Crippen LogP contribution >= 0.6 is 0 Å². The SMILES string of the molecule is C/C=C(\C)CCc1nc(-c2ccc3c(c2)C(C)(C)CCC3(C)C)co1. The minimum Gasteiger partial charge on any atom is -0.448 e. The van der Waals surface area contributed by atoms with Crippen LogP contribution in [-0.4, -0.2) is 4.98 Å². The van der Waals surface area contributed by atoms with E-state index in [0.29, 0.717) is 0 Å². The molecule has 1 heterocycles. The van der Waals surface area contributed by atoms with Crippen molar-refractivity contribution in [3.05, 3.63) is 53.1 Å². The Kier molecular flexibility index (Phi) is 4.66. The molecule has 0 amide bonds. The van der Waals surface area contributed by atoms with Crippen molar-refractivity contribution in [2.75, 3.05) is 0 Å². The number of oxazole rings is 1. The van der Waals surface area contributed by atoms with Gasteiger partial charge in [0.05, 0.1) is 0 Å². The van der Waals surface area contributed by atoms with Gasteiger partial charge in [0, 0.05) is 12.0 Å². The molecule has 0 spiro atoms. The third kappa shape index (κ3) is 3.58. The van der Waals surface area contributed by atoms with Crippen LogP contribution in [0.1, 0.15) is 77.8 Å². The van der Waals surface area contributed by atoms with Gasteiger partial charge in [-0.2, -0.15) is 0 Å². The molecule has 0 saturated carbocycles. The lowest BCUT2D eigenvalue weighted by molar-refractivity contribution is 0.332. The summed E-state index contributed by atoms with van der Waals surface area (Å²) in [7, 11) is 0. The van der Waals surface area contributed by atoms with Crippen molar-refractivity contribution < 1.29 is 4.42 Å². The van der Waals surface area contributed by atoms with Gasteiger partial charge in [0.1, 0.15) is 12.0 Å². The van der Waals surface area contributed by atoms with Crippen LogP contribution in [-0.2, 0) is 17.3 Å². The number of hydrogen-bond donors (Lipinski definition) is 0. The molecule has 1 aliphatic carbocycles. The number of aromatic nitrogens is 1. The van der Waals surface area contributed by atoms with E-state index in [4.69, 9.17) is 9.40 Å². The van der Waals surface area contributed by atoms with Gasteiger partial charge in [0.2, 0.25) is 0 Å². The zero-order valence-corrected chi connectivity index (χ0v) is 16.6. The molecular formula is C23H31NO. The highest BCUT2D eigenvalue weighted by Gasteiger charge is 2.37. The highest BCUT2D eigenvalue weighted by Crippen LogP contribution is 2.46. The molecule has 1 aromatic heterocycles. The van der Waals surface area contributed by atoms with Crippen molar-refractivity contribution in [2.45, 2.75) is 78.1 Å². The Balaban J connectivity index is 1.91. The van der Waals surface area contributed by atoms with E-state index in [1.54, 1.807) is 0 Å². The Bertz CT molecular complexity index is 792. The number of allylic oxidation sites excluding steroid dienone is 2. The highest BCUT2D eigenvalue weighted by molar-refractivity contribution is 5.62. The molecule has 1 aromatic carbocycles. The lowest BCUT2D eigenvalue weighted by Gasteiger charge is -2.42. The monoisotopic (exact) mass is 337 g/mol. The topological polar surface area (TPSA) is 26.0 Å².